The van der Waals surface area contributed by atoms with Crippen LogP contribution in [0.2, 0.25) is 0 Å². The number of fused-ring (bicyclic) bond motifs is 1. The monoisotopic (exact) mass is 426 g/mol. The molecular formula is C23H34N6O2. The number of nitrogens with zero attached hydrogens (tertiary/aromatic N) is 4. The van der Waals surface area contributed by atoms with E-state index in [2.05, 4.69) is 66.1 Å². The summed E-state index contributed by atoms with van der Waals surface area (Å²) in [7, 11) is 0. The number of hydrogen-bond donors (Lipinski definition) is 2. The Balaban J connectivity index is 1.72. The van der Waals surface area contributed by atoms with E-state index < -0.39 is 0 Å². The van der Waals surface area contributed by atoms with Crippen molar-refractivity contribution in [2.75, 3.05) is 30.7 Å². The van der Waals surface area contributed by atoms with Crippen LogP contribution in [-0.4, -0.2) is 45.5 Å². The van der Waals surface area contributed by atoms with Crippen LogP contribution in [0.4, 0.5) is 16.3 Å². The highest BCUT2D eigenvalue weighted by Gasteiger charge is 2.27. The van der Waals surface area contributed by atoms with Crippen LogP contribution in [-0.2, 0) is 19.6 Å². The van der Waals surface area contributed by atoms with Crippen molar-refractivity contribution in [3.05, 3.63) is 40.6 Å². The van der Waals surface area contributed by atoms with Gasteiger partial charge < -0.3 is 20.7 Å². The number of ether oxygens (including phenoxy) is 1. The van der Waals surface area contributed by atoms with Crippen LogP contribution >= 0.6 is 0 Å². The molecule has 1 aromatic carbocycles. The fourth-order valence-electron chi connectivity index (χ4n) is 3.63. The fraction of sp³-hybridized carbons (Fsp3) is 0.522. The van der Waals surface area contributed by atoms with Gasteiger partial charge in [0.05, 0.1) is 18.8 Å². The molecule has 31 heavy (non-hydrogen) atoms. The number of urea groups is 1. The Morgan fingerprint density at radius 2 is 2.00 bits per heavy atom. The molecule has 8 nitrogen and oxygen atoms in total. The Kier molecular flexibility index (Phi) is 7.68. The number of carbonyl (C=O) groups excluding carboxylic acids is 1. The summed E-state index contributed by atoms with van der Waals surface area (Å²) in [5.41, 5.74) is 10.8. The highest BCUT2D eigenvalue weighted by Crippen LogP contribution is 2.29. The number of hydrogen-bond acceptors (Lipinski definition) is 6. The molecule has 0 saturated heterocycles. The molecule has 0 fully saturated rings. The van der Waals surface area contributed by atoms with Gasteiger partial charge in [0.2, 0.25) is 0 Å². The van der Waals surface area contributed by atoms with E-state index in [9.17, 15) is 4.79 Å². The maximum absolute atomic E-state index is 12.7. The zero-order valence-electron chi connectivity index (χ0n) is 19.1. The molecule has 1 aromatic heterocycles. The summed E-state index contributed by atoms with van der Waals surface area (Å²) in [5, 5.41) is 2.84. The molecule has 8 heteroatoms. The minimum atomic E-state index is -0.202. The van der Waals surface area contributed by atoms with Gasteiger partial charge in [0.25, 0.3) is 0 Å². The van der Waals surface area contributed by atoms with Crippen LogP contribution < -0.4 is 15.8 Å². The second-order valence-corrected chi connectivity index (χ2v) is 7.92. The van der Waals surface area contributed by atoms with Gasteiger partial charge in [-0.25, -0.2) is 4.79 Å². The fourth-order valence-corrected chi connectivity index (χ4v) is 3.63. The second kappa shape index (κ2) is 10.4. The molecule has 0 atom stereocenters. The van der Waals surface area contributed by atoms with E-state index in [-0.39, 0.29) is 17.9 Å². The SMILES string of the molecule is CCCCOc1nc(N)c2c(n1)CN(Cc1ccc(CN(CC)CC)c(C)c1)C(=O)N2. The summed E-state index contributed by atoms with van der Waals surface area (Å²) in [6, 6.07) is 6.49. The first-order valence-corrected chi connectivity index (χ1v) is 11.1. The number of rotatable bonds is 10. The molecule has 2 aromatic rings. The van der Waals surface area contributed by atoms with Crippen LogP contribution in [0, 0.1) is 6.92 Å². The van der Waals surface area contributed by atoms with Crippen molar-refractivity contribution >= 4 is 17.5 Å². The number of benzene rings is 1. The number of nitrogen functional groups attached to an aromatic ring is 1. The number of nitrogens with one attached hydrogen (secondary N) is 1. The molecule has 0 bridgehead atoms. The van der Waals surface area contributed by atoms with Crippen molar-refractivity contribution in [3.63, 3.8) is 0 Å². The van der Waals surface area contributed by atoms with Gasteiger partial charge in [0.1, 0.15) is 5.69 Å². The van der Waals surface area contributed by atoms with Gasteiger partial charge in [-0.2, -0.15) is 9.97 Å². The van der Waals surface area contributed by atoms with E-state index in [1.54, 1.807) is 4.90 Å². The van der Waals surface area contributed by atoms with Crippen LogP contribution in [0.3, 0.4) is 0 Å². The number of aryl methyl sites for hydroxylation is 1. The lowest BCUT2D eigenvalue weighted by Gasteiger charge is -2.29. The molecule has 1 aliphatic rings. The van der Waals surface area contributed by atoms with Crippen LogP contribution in [0.15, 0.2) is 18.2 Å². The number of unbranched alkanes of at least 4 members (excludes halogenated alkanes) is 1. The van der Waals surface area contributed by atoms with Gasteiger partial charge in [-0.15, -0.1) is 0 Å². The standard InChI is InChI=1S/C23H34N6O2/c1-5-8-11-31-22-25-19-15-29(23(30)26-20(19)21(24)27-22)13-17-9-10-18(16(4)12-17)14-28(6-2)7-3/h9-10,12H,5-8,11,13-15H2,1-4H3,(H,26,30)(H2,24,25,27). The van der Waals surface area contributed by atoms with Crippen LogP contribution in [0.5, 0.6) is 6.01 Å². The van der Waals surface area contributed by atoms with Gasteiger partial charge in [-0.1, -0.05) is 45.4 Å². The summed E-state index contributed by atoms with van der Waals surface area (Å²) in [4.78, 5) is 25.4. The van der Waals surface area contributed by atoms with Crippen molar-refractivity contribution in [2.24, 2.45) is 0 Å². The molecular weight excluding hydrogens is 392 g/mol. The highest BCUT2D eigenvalue weighted by molar-refractivity contribution is 5.94. The van der Waals surface area contributed by atoms with E-state index in [1.807, 2.05) is 0 Å². The third kappa shape index (κ3) is 5.64. The number of aromatic nitrogens is 2. The van der Waals surface area contributed by atoms with Crippen molar-refractivity contribution in [1.82, 2.24) is 19.8 Å². The van der Waals surface area contributed by atoms with E-state index in [0.29, 0.717) is 31.1 Å². The Morgan fingerprint density at radius 3 is 2.68 bits per heavy atom. The number of carbonyl (C=O) groups is 1. The maximum atomic E-state index is 12.7. The zero-order valence-corrected chi connectivity index (χ0v) is 19.1. The molecule has 0 radical (unpaired) electrons. The smallest absolute Gasteiger partial charge is 0.322 e. The number of anilines is 2. The van der Waals surface area contributed by atoms with E-state index >= 15 is 0 Å². The Bertz CT molecular complexity index is 913. The first kappa shape index (κ1) is 22.8. The molecule has 1 aliphatic heterocycles. The molecule has 2 heterocycles. The zero-order chi connectivity index (χ0) is 22.4. The minimum absolute atomic E-state index is 0.202. The van der Waals surface area contributed by atoms with Crippen molar-refractivity contribution in [3.8, 4) is 6.01 Å². The lowest BCUT2D eigenvalue weighted by atomic mass is 10.0. The largest absolute Gasteiger partial charge is 0.463 e. The molecule has 0 saturated carbocycles. The van der Waals surface area contributed by atoms with Gasteiger partial charge in [0, 0.05) is 13.1 Å². The Hall–Kier alpha value is -2.87. The summed E-state index contributed by atoms with van der Waals surface area (Å²) in [6.07, 6.45) is 1.95. The first-order chi connectivity index (χ1) is 14.9. The van der Waals surface area contributed by atoms with Gasteiger partial charge in [0.15, 0.2) is 5.82 Å². The predicted molar refractivity (Wildman–Crippen MR) is 123 cm³/mol. The lowest BCUT2D eigenvalue weighted by Crippen LogP contribution is -2.39. The third-order valence-corrected chi connectivity index (χ3v) is 5.65. The first-order valence-electron chi connectivity index (χ1n) is 11.1. The second-order valence-electron chi connectivity index (χ2n) is 7.92. The molecule has 3 rings (SSSR count). The Morgan fingerprint density at radius 1 is 1.23 bits per heavy atom. The number of amides is 2. The van der Waals surface area contributed by atoms with Gasteiger partial charge in [-0.05, 0) is 43.1 Å². The quantitative estimate of drug-likeness (QED) is 0.559. The molecule has 0 unspecified atom stereocenters. The summed E-state index contributed by atoms with van der Waals surface area (Å²) in [6.45, 7) is 13.0. The molecule has 3 N–H and O–H groups in total. The minimum Gasteiger partial charge on any atom is -0.463 e. The summed E-state index contributed by atoms with van der Waals surface area (Å²) >= 11 is 0. The third-order valence-electron chi connectivity index (χ3n) is 5.65. The van der Waals surface area contributed by atoms with Crippen molar-refractivity contribution in [1.29, 1.82) is 0 Å². The Labute approximate surface area is 184 Å². The van der Waals surface area contributed by atoms with E-state index in [0.717, 1.165) is 38.0 Å². The molecule has 168 valence electrons. The van der Waals surface area contributed by atoms with Gasteiger partial charge >= 0.3 is 12.0 Å². The molecule has 0 spiro atoms. The van der Waals surface area contributed by atoms with E-state index in [1.165, 1.54) is 11.1 Å². The normalized spacial score (nSPS) is 13.3. The molecule has 0 aliphatic carbocycles. The van der Waals surface area contributed by atoms with Crippen molar-refractivity contribution < 1.29 is 9.53 Å². The average molecular weight is 427 g/mol. The highest BCUT2D eigenvalue weighted by atomic mass is 16.5. The number of nitrogens with two attached hydrogens (primary N) is 1. The van der Waals surface area contributed by atoms with E-state index in [4.69, 9.17) is 10.5 Å². The lowest BCUT2D eigenvalue weighted by molar-refractivity contribution is 0.202. The summed E-state index contributed by atoms with van der Waals surface area (Å²) < 4.78 is 5.62. The maximum Gasteiger partial charge on any atom is 0.322 e. The average Bonchev–Trinajstić information content (AvgIpc) is 2.75. The predicted octanol–water partition coefficient (Wildman–Crippen LogP) is 3.94. The topological polar surface area (TPSA) is 96.6 Å². The van der Waals surface area contributed by atoms with Gasteiger partial charge in [-0.3, -0.25) is 4.90 Å². The molecule has 2 amide bonds. The van der Waals surface area contributed by atoms with Crippen LogP contribution in [0.1, 0.15) is 56.0 Å². The van der Waals surface area contributed by atoms with Crippen LogP contribution in [0.25, 0.3) is 0 Å². The van der Waals surface area contributed by atoms with Crippen molar-refractivity contribution in [2.45, 2.75) is 60.2 Å². The summed E-state index contributed by atoms with van der Waals surface area (Å²) in [5.74, 6) is 0.237.